The predicted octanol–water partition coefficient (Wildman–Crippen LogP) is 0.699. The van der Waals surface area contributed by atoms with E-state index < -0.39 is 5.91 Å². The second kappa shape index (κ2) is 4.57. The molecule has 1 amide bonds. The molecule has 16 heavy (non-hydrogen) atoms. The Morgan fingerprint density at radius 2 is 2.38 bits per heavy atom. The van der Waals surface area contributed by atoms with E-state index in [2.05, 4.69) is 15.3 Å². The van der Waals surface area contributed by atoms with Crippen molar-refractivity contribution in [1.29, 1.82) is 0 Å². The number of aromatic nitrogens is 2. The number of nitrogens with one attached hydrogen (secondary N) is 1. The first-order valence-corrected chi connectivity index (χ1v) is 5.55. The van der Waals surface area contributed by atoms with Gasteiger partial charge in [-0.1, -0.05) is 6.42 Å². The Kier molecular flexibility index (Phi) is 3.14. The van der Waals surface area contributed by atoms with E-state index in [1.165, 1.54) is 19.0 Å². The fraction of sp³-hybridized carbons (Fsp3) is 0.545. The summed E-state index contributed by atoms with van der Waals surface area (Å²) in [6.45, 7) is 2.79. The molecule has 0 aromatic carbocycles. The fourth-order valence-electron chi connectivity index (χ4n) is 1.97. The summed E-state index contributed by atoms with van der Waals surface area (Å²) in [5.74, 6) is 0.294. The maximum atomic E-state index is 11.0. The van der Waals surface area contributed by atoms with Gasteiger partial charge >= 0.3 is 0 Å². The number of amides is 1. The van der Waals surface area contributed by atoms with Crippen molar-refractivity contribution in [2.24, 2.45) is 5.73 Å². The van der Waals surface area contributed by atoms with Gasteiger partial charge in [0.15, 0.2) is 0 Å². The highest BCUT2D eigenvalue weighted by Crippen LogP contribution is 2.20. The number of primary amides is 1. The summed E-state index contributed by atoms with van der Waals surface area (Å²) in [7, 11) is 0. The highest BCUT2D eigenvalue weighted by molar-refractivity contribution is 5.93. The molecule has 0 saturated carbocycles. The summed E-state index contributed by atoms with van der Waals surface area (Å²) in [5.41, 5.74) is 6.27. The number of nitrogens with two attached hydrogens (primary N) is 1. The zero-order valence-corrected chi connectivity index (χ0v) is 9.36. The number of hydrogen-bond acceptors (Lipinski definition) is 4. The molecule has 2 rings (SSSR count). The molecule has 1 aromatic heterocycles. The Morgan fingerprint density at radius 1 is 1.56 bits per heavy atom. The molecule has 0 unspecified atom stereocenters. The lowest BCUT2D eigenvalue weighted by Gasteiger charge is -2.22. The van der Waals surface area contributed by atoms with Crippen LogP contribution in [0.1, 0.15) is 47.2 Å². The third-order valence-electron chi connectivity index (χ3n) is 2.89. The van der Waals surface area contributed by atoms with Gasteiger partial charge in [-0.05, 0) is 26.3 Å². The van der Waals surface area contributed by atoms with Gasteiger partial charge in [0.25, 0.3) is 5.91 Å². The molecule has 1 aliphatic rings. The highest BCUT2D eigenvalue weighted by atomic mass is 16.1. The van der Waals surface area contributed by atoms with Crippen molar-refractivity contribution in [3.8, 4) is 0 Å². The van der Waals surface area contributed by atoms with Crippen LogP contribution in [-0.2, 0) is 0 Å². The van der Waals surface area contributed by atoms with Crippen LogP contribution in [0.2, 0.25) is 0 Å². The van der Waals surface area contributed by atoms with Crippen LogP contribution >= 0.6 is 0 Å². The molecule has 0 bridgehead atoms. The summed E-state index contributed by atoms with van der Waals surface area (Å²) in [5, 5.41) is 3.37. The Bertz CT molecular complexity index is 399. The van der Waals surface area contributed by atoms with Crippen molar-refractivity contribution < 1.29 is 4.79 Å². The van der Waals surface area contributed by atoms with E-state index in [0.717, 1.165) is 18.8 Å². The minimum absolute atomic E-state index is 0.217. The molecule has 86 valence electrons. The number of piperidine rings is 1. The van der Waals surface area contributed by atoms with Gasteiger partial charge in [-0.25, -0.2) is 9.97 Å². The van der Waals surface area contributed by atoms with Crippen molar-refractivity contribution in [2.45, 2.75) is 32.2 Å². The first-order chi connectivity index (χ1) is 7.68. The summed E-state index contributed by atoms with van der Waals surface area (Å²) < 4.78 is 0. The second-order valence-electron chi connectivity index (χ2n) is 4.09. The van der Waals surface area contributed by atoms with Crippen LogP contribution < -0.4 is 11.1 Å². The number of nitrogens with zero attached hydrogens (tertiary/aromatic N) is 2. The molecule has 0 radical (unpaired) electrons. The van der Waals surface area contributed by atoms with Crippen molar-refractivity contribution in [2.75, 3.05) is 6.54 Å². The van der Waals surface area contributed by atoms with E-state index in [4.69, 9.17) is 5.73 Å². The largest absolute Gasteiger partial charge is 0.365 e. The minimum atomic E-state index is -0.472. The van der Waals surface area contributed by atoms with E-state index in [0.29, 0.717) is 11.3 Å². The third kappa shape index (κ3) is 2.19. The molecule has 3 N–H and O–H groups in total. The molecule has 1 saturated heterocycles. The summed E-state index contributed by atoms with van der Waals surface area (Å²) in [6, 6.07) is 0.217. The van der Waals surface area contributed by atoms with Gasteiger partial charge in [-0.15, -0.1) is 0 Å². The lowest BCUT2D eigenvalue weighted by Crippen LogP contribution is -2.29. The summed E-state index contributed by atoms with van der Waals surface area (Å²) in [6.07, 6.45) is 4.97. The van der Waals surface area contributed by atoms with Crippen LogP contribution in [0.25, 0.3) is 0 Å². The lowest BCUT2D eigenvalue weighted by atomic mass is 10.0. The topological polar surface area (TPSA) is 80.9 Å². The van der Waals surface area contributed by atoms with E-state index in [-0.39, 0.29) is 6.04 Å². The van der Waals surface area contributed by atoms with Crippen LogP contribution in [-0.4, -0.2) is 22.4 Å². The molecule has 2 heterocycles. The van der Waals surface area contributed by atoms with Crippen molar-refractivity contribution in [1.82, 2.24) is 15.3 Å². The lowest BCUT2D eigenvalue weighted by molar-refractivity contribution is 0.0999. The number of carbonyl (C=O) groups is 1. The van der Waals surface area contributed by atoms with Gasteiger partial charge in [0.1, 0.15) is 5.82 Å². The fourth-order valence-corrected chi connectivity index (χ4v) is 1.97. The summed E-state index contributed by atoms with van der Waals surface area (Å²) >= 11 is 0. The molecule has 0 aliphatic carbocycles. The average Bonchev–Trinajstić information content (AvgIpc) is 2.29. The Morgan fingerprint density at radius 3 is 2.94 bits per heavy atom. The maximum absolute atomic E-state index is 11.0. The quantitative estimate of drug-likeness (QED) is 0.768. The second-order valence-corrected chi connectivity index (χ2v) is 4.09. The van der Waals surface area contributed by atoms with Gasteiger partial charge in [-0.3, -0.25) is 4.79 Å². The first-order valence-electron chi connectivity index (χ1n) is 5.55. The predicted molar refractivity (Wildman–Crippen MR) is 59.9 cm³/mol. The van der Waals surface area contributed by atoms with E-state index in [1.54, 1.807) is 6.92 Å². The van der Waals surface area contributed by atoms with Crippen LogP contribution in [0.3, 0.4) is 0 Å². The molecule has 1 fully saturated rings. The Balaban J connectivity index is 2.23. The molecule has 5 heteroatoms. The van der Waals surface area contributed by atoms with E-state index in [1.807, 2.05) is 0 Å². The monoisotopic (exact) mass is 220 g/mol. The normalized spacial score (nSPS) is 20.7. The number of rotatable bonds is 2. The Labute approximate surface area is 94.5 Å². The van der Waals surface area contributed by atoms with Crippen LogP contribution in [0.5, 0.6) is 0 Å². The van der Waals surface area contributed by atoms with E-state index >= 15 is 0 Å². The highest BCUT2D eigenvalue weighted by Gasteiger charge is 2.18. The maximum Gasteiger partial charge on any atom is 0.252 e. The van der Waals surface area contributed by atoms with Gasteiger partial charge in [0.05, 0.1) is 17.3 Å². The number of carbonyl (C=O) groups excluding carboxylic acids is 1. The van der Waals surface area contributed by atoms with Crippen LogP contribution in [0.15, 0.2) is 6.20 Å². The number of hydrogen-bond donors (Lipinski definition) is 2. The van der Waals surface area contributed by atoms with Gasteiger partial charge in [-0.2, -0.15) is 0 Å². The summed E-state index contributed by atoms with van der Waals surface area (Å²) in [4.78, 5) is 19.6. The van der Waals surface area contributed by atoms with Crippen LogP contribution in [0, 0.1) is 6.92 Å². The third-order valence-corrected chi connectivity index (χ3v) is 2.89. The van der Waals surface area contributed by atoms with Gasteiger partial charge in [0, 0.05) is 6.20 Å². The zero-order chi connectivity index (χ0) is 11.5. The SMILES string of the molecule is Cc1nc([C@@H]2CCCCN2)ncc1C(N)=O. The number of aryl methyl sites for hydroxylation is 1. The molecule has 5 nitrogen and oxygen atoms in total. The molecular weight excluding hydrogens is 204 g/mol. The van der Waals surface area contributed by atoms with E-state index in [9.17, 15) is 4.79 Å². The molecular formula is C11H16N4O. The average molecular weight is 220 g/mol. The smallest absolute Gasteiger partial charge is 0.252 e. The zero-order valence-electron chi connectivity index (χ0n) is 9.36. The first kappa shape index (κ1) is 11.0. The van der Waals surface area contributed by atoms with Gasteiger partial charge < -0.3 is 11.1 Å². The molecule has 1 atom stereocenters. The van der Waals surface area contributed by atoms with Gasteiger partial charge in [0.2, 0.25) is 0 Å². The standard InChI is InChI=1S/C11H16N4O/c1-7-8(10(12)16)6-14-11(15-7)9-4-2-3-5-13-9/h6,9,13H,2-5H2,1H3,(H2,12,16)/t9-/m0/s1. The molecule has 0 spiro atoms. The van der Waals surface area contributed by atoms with Crippen LogP contribution in [0.4, 0.5) is 0 Å². The van der Waals surface area contributed by atoms with Crippen molar-refractivity contribution in [3.63, 3.8) is 0 Å². The molecule has 1 aliphatic heterocycles. The van der Waals surface area contributed by atoms with Crippen molar-refractivity contribution >= 4 is 5.91 Å². The Hall–Kier alpha value is -1.49. The van der Waals surface area contributed by atoms with Crippen molar-refractivity contribution in [3.05, 3.63) is 23.3 Å². The molecule has 1 aromatic rings. The minimum Gasteiger partial charge on any atom is -0.365 e.